The zero-order chi connectivity index (χ0) is 14.4. The van der Waals surface area contributed by atoms with Gasteiger partial charge in [0.1, 0.15) is 5.75 Å². The molecule has 0 aliphatic rings. The fraction of sp³-hybridized carbons (Fsp3) is 0.188. The molecule has 2 aromatic carbocycles. The molecular weight excluding hydrogens is 272 g/mol. The van der Waals surface area contributed by atoms with Gasteiger partial charge in [-0.3, -0.25) is 0 Å². The predicted octanol–water partition coefficient (Wildman–Crippen LogP) is 3.86. The van der Waals surface area contributed by atoms with E-state index in [9.17, 15) is 4.79 Å². The average molecular weight is 288 g/mol. The number of carbonyl (C=O) groups is 1. The third kappa shape index (κ3) is 4.31. The number of carboxylic acid groups (broad SMARTS) is 1. The zero-order valence-corrected chi connectivity index (χ0v) is 12.0. The molecule has 0 spiro atoms. The van der Waals surface area contributed by atoms with Crippen LogP contribution in [0.2, 0.25) is 0 Å². The zero-order valence-electron chi connectivity index (χ0n) is 11.2. The van der Waals surface area contributed by atoms with Gasteiger partial charge in [0.15, 0.2) is 0 Å². The molecule has 4 heteroatoms. The minimum absolute atomic E-state index is 0.244. The molecule has 2 rings (SSSR count). The lowest BCUT2D eigenvalue weighted by Crippen LogP contribution is -2.02. The van der Waals surface area contributed by atoms with E-state index in [1.165, 1.54) is 10.5 Å². The van der Waals surface area contributed by atoms with E-state index in [4.69, 9.17) is 9.84 Å². The van der Waals surface area contributed by atoms with E-state index in [2.05, 4.69) is 31.2 Å². The number of hydrogen-bond donors (Lipinski definition) is 1. The smallest absolute Gasteiger partial charge is 0.335 e. The van der Waals surface area contributed by atoms with E-state index in [-0.39, 0.29) is 5.56 Å². The van der Waals surface area contributed by atoms with Gasteiger partial charge in [-0.05, 0) is 37.3 Å². The topological polar surface area (TPSA) is 46.5 Å². The van der Waals surface area contributed by atoms with Crippen LogP contribution in [0.25, 0.3) is 0 Å². The maximum Gasteiger partial charge on any atom is 0.335 e. The molecule has 20 heavy (non-hydrogen) atoms. The van der Waals surface area contributed by atoms with Crippen LogP contribution in [-0.2, 0) is 0 Å². The number of rotatable bonds is 6. The van der Waals surface area contributed by atoms with E-state index in [1.807, 2.05) is 0 Å². The molecule has 0 amide bonds. The number of thioether (sulfide) groups is 1. The van der Waals surface area contributed by atoms with Gasteiger partial charge >= 0.3 is 5.97 Å². The molecule has 0 heterocycles. The normalized spacial score (nSPS) is 10.2. The van der Waals surface area contributed by atoms with Crippen molar-refractivity contribution < 1.29 is 14.6 Å². The first kappa shape index (κ1) is 14.5. The first-order chi connectivity index (χ1) is 9.65. The second kappa shape index (κ2) is 7.01. The van der Waals surface area contributed by atoms with Crippen LogP contribution < -0.4 is 4.74 Å². The Kier molecular flexibility index (Phi) is 5.07. The SMILES string of the molecule is Cc1ccc(SCCOc2cccc(C(=O)O)c2)cc1. The Morgan fingerprint density at radius 1 is 1.20 bits per heavy atom. The van der Waals surface area contributed by atoms with Crippen LogP contribution in [0.5, 0.6) is 5.75 Å². The molecule has 2 aromatic rings. The Morgan fingerprint density at radius 3 is 2.65 bits per heavy atom. The Balaban J connectivity index is 1.79. The number of ether oxygens (including phenoxy) is 1. The molecule has 3 nitrogen and oxygen atoms in total. The lowest BCUT2D eigenvalue weighted by atomic mass is 10.2. The van der Waals surface area contributed by atoms with Gasteiger partial charge in [-0.1, -0.05) is 23.8 Å². The lowest BCUT2D eigenvalue weighted by Gasteiger charge is -2.07. The van der Waals surface area contributed by atoms with Gasteiger partial charge in [-0.15, -0.1) is 11.8 Å². The third-order valence-electron chi connectivity index (χ3n) is 2.72. The molecule has 0 saturated carbocycles. The van der Waals surface area contributed by atoms with Crippen LogP contribution in [0.4, 0.5) is 0 Å². The van der Waals surface area contributed by atoms with Crippen LogP contribution in [-0.4, -0.2) is 23.4 Å². The second-order valence-electron chi connectivity index (χ2n) is 4.34. The molecule has 0 radical (unpaired) electrons. The maximum absolute atomic E-state index is 10.8. The van der Waals surface area contributed by atoms with E-state index in [0.29, 0.717) is 12.4 Å². The fourth-order valence-electron chi connectivity index (χ4n) is 1.67. The van der Waals surface area contributed by atoms with Crippen LogP contribution >= 0.6 is 11.8 Å². The summed E-state index contributed by atoms with van der Waals surface area (Å²) >= 11 is 1.72. The molecule has 0 fully saturated rings. The molecular formula is C16H16O3S. The monoisotopic (exact) mass is 288 g/mol. The van der Waals surface area contributed by atoms with Crippen molar-refractivity contribution in [2.24, 2.45) is 0 Å². The van der Waals surface area contributed by atoms with Gasteiger partial charge in [0.25, 0.3) is 0 Å². The third-order valence-corrected chi connectivity index (χ3v) is 3.70. The summed E-state index contributed by atoms with van der Waals surface area (Å²) < 4.78 is 5.56. The molecule has 104 valence electrons. The van der Waals surface area contributed by atoms with Crippen molar-refractivity contribution in [2.75, 3.05) is 12.4 Å². The lowest BCUT2D eigenvalue weighted by molar-refractivity contribution is 0.0696. The van der Waals surface area contributed by atoms with Gasteiger partial charge < -0.3 is 9.84 Å². The Morgan fingerprint density at radius 2 is 1.95 bits per heavy atom. The molecule has 0 atom stereocenters. The van der Waals surface area contributed by atoms with Crippen LogP contribution in [0, 0.1) is 6.92 Å². The molecule has 0 saturated heterocycles. The Hall–Kier alpha value is -1.94. The van der Waals surface area contributed by atoms with E-state index in [1.54, 1.807) is 36.0 Å². The first-order valence-electron chi connectivity index (χ1n) is 6.31. The first-order valence-corrected chi connectivity index (χ1v) is 7.29. The standard InChI is InChI=1S/C16H16O3S/c1-12-5-7-15(8-6-12)20-10-9-19-14-4-2-3-13(11-14)16(17)18/h2-8,11H,9-10H2,1H3,(H,17,18). The summed E-state index contributed by atoms with van der Waals surface area (Å²) in [7, 11) is 0. The predicted molar refractivity (Wildman–Crippen MR) is 80.8 cm³/mol. The van der Waals surface area contributed by atoms with Crippen LogP contribution in [0.15, 0.2) is 53.4 Å². The molecule has 0 unspecified atom stereocenters. The highest BCUT2D eigenvalue weighted by Crippen LogP contribution is 2.19. The molecule has 1 N–H and O–H groups in total. The highest BCUT2D eigenvalue weighted by molar-refractivity contribution is 7.99. The van der Waals surface area contributed by atoms with E-state index >= 15 is 0 Å². The summed E-state index contributed by atoms with van der Waals surface area (Å²) in [6.07, 6.45) is 0. The largest absolute Gasteiger partial charge is 0.493 e. The maximum atomic E-state index is 10.8. The highest BCUT2D eigenvalue weighted by atomic mass is 32.2. The Labute approximate surface area is 122 Å². The Bertz CT molecular complexity index is 579. The number of benzene rings is 2. The molecule has 0 aliphatic heterocycles. The minimum Gasteiger partial charge on any atom is -0.493 e. The van der Waals surface area contributed by atoms with Crippen molar-refractivity contribution in [3.05, 3.63) is 59.7 Å². The van der Waals surface area contributed by atoms with E-state index in [0.717, 1.165) is 5.75 Å². The number of aryl methyl sites for hydroxylation is 1. The van der Waals surface area contributed by atoms with Crippen molar-refractivity contribution in [2.45, 2.75) is 11.8 Å². The highest BCUT2D eigenvalue weighted by Gasteiger charge is 2.03. The van der Waals surface area contributed by atoms with Crippen molar-refractivity contribution in [1.29, 1.82) is 0 Å². The van der Waals surface area contributed by atoms with Gasteiger partial charge in [-0.2, -0.15) is 0 Å². The second-order valence-corrected chi connectivity index (χ2v) is 5.51. The van der Waals surface area contributed by atoms with Gasteiger partial charge in [0.2, 0.25) is 0 Å². The summed E-state index contributed by atoms with van der Waals surface area (Å²) in [5.41, 5.74) is 1.49. The quantitative estimate of drug-likeness (QED) is 0.647. The number of aromatic carboxylic acids is 1. The van der Waals surface area contributed by atoms with Crippen LogP contribution in [0.3, 0.4) is 0 Å². The minimum atomic E-state index is -0.940. The van der Waals surface area contributed by atoms with Gasteiger partial charge in [0.05, 0.1) is 12.2 Å². The molecule has 0 aromatic heterocycles. The summed E-state index contributed by atoms with van der Waals surface area (Å²) in [6, 6.07) is 14.9. The summed E-state index contributed by atoms with van der Waals surface area (Å²) in [6.45, 7) is 2.61. The summed E-state index contributed by atoms with van der Waals surface area (Å²) in [5, 5.41) is 8.89. The number of hydrogen-bond acceptors (Lipinski definition) is 3. The van der Waals surface area contributed by atoms with Crippen molar-refractivity contribution in [3.8, 4) is 5.75 Å². The number of carboxylic acids is 1. The average Bonchev–Trinajstić information content (AvgIpc) is 2.46. The molecule has 0 bridgehead atoms. The van der Waals surface area contributed by atoms with Gasteiger partial charge in [0, 0.05) is 10.6 Å². The molecule has 0 aliphatic carbocycles. The van der Waals surface area contributed by atoms with Gasteiger partial charge in [-0.25, -0.2) is 4.79 Å². The van der Waals surface area contributed by atoms with Crippen LogP contribution in [0.1, 0.15) is 15.9 Å². The van der Waals surface area contributed by atoms with Crippen molar-refractivity contribution in [3.63, 3.8) is 0 Å². The fourth-order valence-corrected chi connectivity index (χ4v) is 2.40. The summed E-state index contributed by atoms with van der Waals surface area (Å²) in [4.78, 5) is 12.0. The van der Waals surface area contributed by atoms with Crippen molar-refractivity contribution in [1.82, 2.24) is 0 Å². The van der Waals surface area contributed by atoms with E-state index < -0.39 is 5.97 Å². The van der Waals surface area contributed by atoms with Crippen molar-refractivity contribution >= 4 is 17.7 Å². The summed E-state index contributed by atoms with van der Waals surface area (Å²) in [5.74, 6) is 0.472.